The number of aliphatic carboxylic acids is 2. The summed E-state index contributed by atoms with van der Waals surface area (Å²) in [6, 6.07) is 24.3. The summed E-state index contributed by atoms with van der Waals surface area (Å²) >= 11 is 15.3. The molecule has 4 heterocycles. The van der Waals surface area contributed by atoms with Crippen molar-refractivity contribution < 1.29 is 64.1 Å². The molecule has 0 bridgehead atoms. The minimum atomic E-state index is -0.933. The second-order valence-corrected chi connectivity index (χ2v) is 17.5. The smallest absolute Gasteiger partial charge is 0.323 e. The number of pyridine rings is 2. The first-order valence-electron chi connectivity index (χ1n) is 19.7. The van der Waals surface area contributed by atoms with E-state index in [1.165, 1.54) is 39.8 Å². The minimum absolute atomic E-state index is 0. The zero-order valence-corrected chi connectivity index (χ0v) is 42.6. The maximum Gasteiger partial charge on any atom is 0.323 e. The molecule has 3 N–H and O–H groups in total. The Bertz CT molecular complexity index is 2940. The number of fused-ring (bicyclic) bond motifs is 2. The number of nitrogens with zero attached hydrogens (tertiary/aromatic N) is 5. The number of carboxylic acid groups (broad SMARTS) is 2. The standard InChI is InChI=1S/C23H19ClFN3O2S.C20H13ClF2N2S.C3H7NO2.BH.U/c1-13-27-23-18(31-13)10-16(22(25)21(23)15-4-3-5-17(24)9-15)8-14-6-7-19(26-11-14)28(2)12-20(29)30;1-11-25-20-16(26-11)9-14(7-12-5-6-17(22)24-10-12)19(23)18(20)13-3-2-4-15(21)8-13;1-4-2-3(5)6;;/h3-7,9-11H,8,12H2,1-2H3,(H,29,30);2-6,8-10H,7H2,1H3;4H,2H2,1H3,(H,5,6);1H;/i;;;1D;. The number of nitrogens with one attached hydrogen (secondary N) is 1. The second-order valence-electron chi connectivity index (χ2n) is 14.2. The maximum absolute atomic E-state index is 15.7. The zero-order valence-electron chi connectivity index (χ0n) is 36.3. The van der Waals surface area contributed by atoms with E-state index in [1.54, 1.807) is 68.8 Å². The molecule has 2 radical (unpaired) electrons. The summed E-state index contributed by atoms with van der Waals surface area (Å²) in [7, 11) is 7.00. The quantitative estimate of drug-likeness (QED) is 0.0847. The van der Waals surface area contributed by atoms with Crippen molar-refractivity contribution in [1.29, 1.82) is 1.34 Å². The average molecular weight is 1180 g/mol. The third kappa shape index (κ3) is 13.8. The van der Waals surface area contributed by atoms with Crippen LogP contribution >= 0.6 is 45.9 Å². The monoisotopic (exact) mass is 1180 g/mol. The van der Waals surface area contributed by atoms with Gasteiger partial charge in [0.05, 0.1) is 37.0 Å². The Labute approximate surface area is 418 Å². The van der Waals surface area contributed by atoms with Gasteiger partial charge in [-0.25, -0.2) is 28.7 Å². The molecule has 0 fully saturated rings. The van der Waals surface area contributed by atoms with Gasteiger partial charge in [-0.15, -0.1) is 22.7 Å². The molecule has 0 saturated heterocycles. The van der Waals surface area contributed by atoms with E-state index >= 15 is 8.78 Å². The number of hydrogen-bond donors (Lipinski definition) is 3. The van der Waals surface area contributed by atoms with Crippen molar-refractivity contribution in [3.05, 3.63) is 157 Å². The number of thiazole rings is 2. The number of carbonyl (C=O) groups is 2. The third-order valence-electron chi connectivity index (χ3n) is 9.31. The summed E-state index contributed by atoms with van der Waals surface area (Å²) in [4.78, 5) is 39.0. The van der Waals surface area contributed by atoms with Gasteiger partial charge >= 0.3 is 11.9 Å². The second kappa shape index (κ2) is 24.1. The molecule has 10 nitrogen and oxygen atoms in total. The first-order chi connectivity index (χ1) is 31.1. The van der Waals surface area contributed by atoms with Crippen LogP contribution in [-0.4, -0.2) is 79.0 Å². The number of aromatic nitrogens is 4. The topological polar surface area (TPSA) is 141 Å². The van der Waals surface area contributed by atoms with Crippen molar-refractivity contribution in [2.45, 2.75) is 26.7 Å². The van der Waals surface area contributed by atoms with E-state index in [0.717, 1.165) is 30.5 Å². The number of likely N-dealkylation sites (N-methyl/N-ethyl adjacent to an activating group) is 2. The normalized spacial score (nSPS) is 10.6. The van der Waals surface area contributed by atoms with E-state index < -0.39 is 17.9 Å². The Hall–Kier alpha value is -4.85. The van der Waals surface area contributed by atoms with Crippen LogP contribution in [0.1, 0.15) is 32.3 Å². The van der Waals surface area contributed by atoms with Crippen molar-refractivity contribution in [2.75, 3.05) is 32.1 Å². The van der Waals surface area contributed by atoms with Crippen molar-refractivity contribution in [3.63, 3.8) is 0 Å². The maximum atomic E-state index is 15.7. The summed E-state index contributed by atoms with van der Waals surface area (Å²) < 4.78 is 51.2. The summed E-state index contributed by atoms with van der Waals surface area (Å²) in [5, 5.41) is 22.0. The van der Waals surface area contributed by atoms with Crippen molar-refractivity contribution in [2.24, 2.45) is 0 Å². The summed E-state index contributed by atoms with van der Waals surface area (Å²) in [6.07, 6.45) is 3.74. The Morgan fingerprint density at radius 3 is 1.58 bits per heavy atom. The van der Waals surface area contributed by atoms with Crippen molar-refractivity contribution in [3.8, 4) is 22.3 Å². The Balaban J connectivity index is 0.000000248. The molecule has 0 aliphatic carbocycles. The van der Waals surface area contributed by atoms with Crippen LogP contribution in [0.15, 0.2) is 97.3 Å². The van der Waals surface area contributed by atoms with Gasteiger partial charge < -0.3 is 20.4 Å². The van der Waals surface area contributed by atoms with E-state index in [0.29, 0.717) is 73.1 Å². The first-order valence-corrected chi connectivity index (χ1v) is 21.5. The molecule has 4 aromatic heterocycles. The van der Waals surface area contributed by atoms with Crippen molar-refractivity contribution >= 4 is 92.4 Å². The Morgan fingerprint density at radius 2 is 1.22 bits per heavy atom. The van der Waals surface area contributed by atoms with E-state index in [2.05, 4.69) is 33.6 Å². The fourth-order valence-electron chi connectivity index (χ4n) is 6.62. The molecule has 8 rings (SSSR count). The number of rotatable bonds is 11. The molecule has 0 unspecified atom stereocenters. The van der Waals surface area contributed by atoms with Gasteiger partial charge in [-0.3, -0.25) is 9.59 Å². The van der Waals surface area contributed by atoms with Gasteiger partial charge in [0.25, 0.3) is 0 Å². The van der Waals surface area contributed by atoms with E-state index in [9.17, 15) is 14.0 Å². The van der Waals surface area contributed by atoms with Crippen LogP contribution in [0.2, 0.25) is 10.0 Å². The van der Waals surface area contributed by atoms with Crippen LogP contribution in [0.3, 0.4) is 0 Å². The minimum Gasteiger partial charge on any atom is -0.480 e. The number of hydrogen-bond acceptors (Lipinski definition) is 10. The van der Waals surface area contributed by atoms with Gasteiger partial charge in [0, 0.05) is 92.9 Å². The van der Waals surface area contributed by atoms with Gasteiger partial charge in [-0.2, -0.15) is 4.39 Å². The molecule has 332 valence electrons. The number of halogens is 5. The van der Waals surface area contributed by atoms with Crippen LogP contribution in [-0.2, 0) is 22.4 Å². The molecule has 0 aliphatic rings. The largest absolute Gasteiger partial charge is 0.480 e. The fourth-order valence-corrected chi connectivity index (χ4v) is 8.80. The fraction of sp³-hybridized carbons (Fsp3) is 0.174. The van der Waals surface area contributed by atoms with E-state index in [4.69, 9.17) is 34.8 Å². The molecule has 0 atom stereocenters. The molecule has 0 saturated carbocycles. The molecular weight excluding hydrogens is 1140 g/mol. The van der Waals surface area contributed by atoms with Crippen LogP contribution < -0.4 is 10.2 Å². The Morgan fingerprint density at radius 1 is 0.738 bits per heavy atom. The summed E-state index contributed by atoms with van der Waals surface area (Å²) in [5.41, 5.74) is 6.15. The van der Waals surface area contributed by atoms with Gasteiger partial charge in [0.1, 0.15) is 24.0 Å². The van der Waals surface area contributed by atoms with Gasteiger partial charge in [0.2, 0.25) is 5.95 Å². The third-order valence-corrected chi connectivity index (χ3v) is 11.6. The molecule has 19 heteroatoms. The molecule has 8 aromatic rings. The van der Waals surface area contributed by atoms with E-state index in [-0.39, 0.29) is 55.8 Å². The predicted molar refractivity (Wildman–Crippen MR) is 253 cm³/mol. The molecular formula is C46H40BCl2F3N6O4S2U. The van der Waals surface area contributed by atoms with Crippen molar-refractivity contribution in [1.82, 2.24) is 25.3 Å². The molecule has 65 heavy (non-hydrogen) atoms. The first kappa shape index (κ1) is 51.1. The van der Waals surface area contributed by atoms with Gasteiger partial charge in [-0.05, 0) is 104 Å². The van der Waals surface area contributed by atoms with Crippen LogP contribution in [0.5, 0.6) is 0 Å². The molecule has 4 aromatic carbocycles. The zero-order chi connectivity index (χ0) is 47.4. The van der Waals surface area contributed by atoms with Crippen LogP contribution in [0.25, 0.3) is 42.7 Å². The number of anilines is 1. The molecule has 0 spiro atoms. The summed E-state index contributed by atoms with van der Waals surface area (Å²) in [6.45, 7) is 3.69. The predicted octanol–water partition coefficient (Wildman–Crippen LogP) is 10.4. The van der Waals surface area contributed by atoms with E-state index in [1.807, 2.05) is 44.2 Å². The average Bonchev–Trinajstić information content (AvgIpc) is 3.83. The van der Waals surface area contributed by atoms with Gasteiger partial charge in [0.15, 0.2) is 0 Å². The summed E-state index contributed by atoms with van der Waals surface area (Å²) in [5.74, 6) is -2.43. The number of carboxylic acids is 2. The van der Waals surface area contributed by atoms with Crippen LogP contribution in [0, 0.1) is 62.5 Å². The SMILES string of the molecule is CNCC(=O)O.Cc1nc2c(-c3cccc(Cl)c3)c(F)c(Cc3ccc(F)nc3)cc2s1.Cc1nc2c(-c3cccc(Cl)c3)c(F)c(Cc3ccc(N(C)CC(=O)O)nc3)cc2s1.[2H][B].[U]. The molecule has 0 amide bonds. The number of benzene rings is 4. The number of aryl methyl sites for hydroxylation is 2. The van der Waals surface area contributed by atoms with Gasteiger partial charge in [-0.1, -0.05) is 59.6 Å². The van der Waals surface area contributed by atoms with Crippen LogP contribution in [0.4, 0.5) is 19.0 Å². The Kier molecular flexibility index (Phi) is 18.9. The molecule has 0 aliphatic heterocycles.